The molecule has 0 spiro atoms. The Morgan fingerprint density at radius 1 is 0.970 bits per heavy atom. The van der Waals surface area contributed by atoms with Gasteiger partial charge in [-0.2, -0.15) is 0 Å². The number of nitrogens with one attached hydrogen (secondary N) is 2. The Morgan fingerprint density at radius 2 is 1.73 bits per heavy atom. The number of methoxy groups -OCH3 is 1. The van der Waals surface area contributed by atoms with Gasteiger partial charge in [-0.25, -0.2) is 13.4 Å². The van der Waals surface area contributed by atoms with Crippen molar-refractivity contribution in [1.82, 2.24) is 4.98 Å². The second-order valence-corrected chi connectivity index (χ2v) is 9.19. The predicted octanol–water partition coefficient (Wildman–Crippen LogP) is 5.72. The number of hydrogen-bond acceptors (Lipinski definition) is 6. The van der Waals surface area contributed by atoms with Crippen molar-refractivity contribution in [2.24, 2.45) is 0 Å². The molecule has 3 aromatic carbocycles. The monoisotopic (exact) mass is 487 g/mol. The summed E-state index contributed by atoms with van der Waals surface area (Å²) in [6.07, 6.45) is 2.04. The van der Waals surface area contributed by atoms with E-state index in [2.05, 4.69) is 17.0 Å². The van der Waals surface area contributed by atoms with Crippen molar-refractivity contribution in [1.29, 1.82) is 0 Å². The first-order chi connectivity index (χ1) is 15.4. The molecular formula is C24H26ClN3O4S. The number of fused-ring (bicyclic) bond motifs is 2. The number of halogens is 1. The second kappa shape index (κ2) is 10.1. The molecule has 4 aromatic rings. The summed E-state index contributed by atoms with van der Waals surface area (Å²) in [4.78, 5) is 4.82. The first-order valence-electron chi connectivity index (χ1n) is 10.3. The standard InChI is InChI=1S/C24H25N3O4S.ClH/c1-4-13-31-17-10-11-19-22(15-17)25-20-8-6-5-7-18(20)24(19)26-21-12-9-16(14-23(21)30-2)27-32(3,28)29;/h5-12,14-15,27H,4,13H2,1-3H3,(H,25,26);1H. The van der Waals surface area contributed by atoms with Crippen molar-refractivity contribution >= 4 is 61.3 Å². The van der Waals surface area contributed by atoms with Crippen molar-refractivity contribution in [2.75, 3.05) is 30.0 Å². The van der Waals surface area contributed by atoms with Crippen LogP contribution in [0.4, 0.5) is 17.1 Å². The van der Waals surface area contributed by atoms with Crippen LogP contribution in [0.2, 0.25) is 0 Å². The fourth-order valence-electron chi connectivity index (χ4n) is 3.52. The Hall–Kier alpha value is -3.23. The molecule has 0 amide bonds. The van der Waals surface area contributed by atoms with Gasteiger partial charge in [0.25, 0.3) is 0 Å². The Labute approximate surface area is 199 Å². The molecule has 1 heterocycles. The molecule has 7 nitrogen and oxygen atoms in total. The van der Waals surface area contributed by atoms with E-state index in [-0.39, 0.29) is 12.4 Å². The maximum atomic E-state index is 11.6. The van der Waals surface area contributed by atoms with Crippen LogP contribution in [0.1, 0.15) is 13.3 Å². The van der Waals surface area contributed by atoms with Gasteiger partial charge in [0.05, 0.1) is 48.1 Å². The zero-order valence-electron chi connectivity index (χ0n) is 18.6. The lowest BCUT2D eigenvalue weighted by atomic mass is 10.1. The van der Waals surface area contributed by atoms with Gasteiger partial charge in [0.1, 0.15) is 11.5 Å². The van der Waals surface area contributed by atoms with E-state index in [1.54, 1.807) is 25.3 Å². The summed E-state index contributed by atoms with van der Waals surface area (Å²) in [6, 6.07) is 18.9. The minimum atomic E-state index is -3.39. The normalized spacial score (nSPS) is 11.1. The first-order valence-corrected chi connectivity index (χ1v) is 12.2. The van der Waals surface area contributed by atoms with Crippen molar-refractivity contribution in [3.63, 3.8) is 0 Å². The molecule has 0 aliphatic rings. The summed E-state index contributed by atoms with van der Waals surface area (Å²) < 4.78 is 36.9. The van der Waals surface area contributed by atoms with Gasteiger partial charge in [-0.1, -0.05) is 25.1 Å². The van der Waals surface area contributed by atoms with Crippen molar-refractivity contribution in [3.05, 3.63) is 60.7 Å². The lowest BCUT2D eigenvalue weighted by Gasteiger charge is -2.17. The van der Waals surface area contributed by atoms with E-state index in [9.17, 15) is 8.42 Å². The van der Waals surface area contributed by atoms with Gasteiger partial charge in [0, 0.05) is 22.9 Å². The summed E-state index contributed by atoms with van der Waals surface area (Å²) in [6.45, 7) is 2.72. The first kappa shape index (κ1) is 24.4. The number of rotatable bonds is 8. The quantitative estimate of drug-likeness (QED) is 0.309. The largest absolute Gasteiger partial charge is 0.494 e. The van der Waals surface area contributed by atoms with Gasteiger partial charge in [0.2, 0.25) is 10.0 Å². The van der Waals surface area contributed by atoms with Crippen LogP contribution >= 0.6 is 12.4 Å². The molecule has 2 N–H and O–H groups in total. The molecule has 0 saturated carbocycles. The van der Waals surface area contributed by atoms with Gasteiger partial charge >= 0.3 is 0 Å². The van der Waals surface area contributed by atoms with Gasteiger partial charge in [-0.15, -0.1) is 12.4 Å². The number of ether oxygens (including phenoxy) is 2. The van der Waals surface area contributed by atoms with Crippen molar-refractivity contribution in [3.8, 4) is 11.5 Å². The third-order valence-corrected chi connectivity index (χ3v) is 5.50. The molecule has 0 bridgehead atoms. The Morgan fingerprint density at radius 3 is 2.45 bits per heavy atom. The van der Waals surface area contributed by atoms with Crippen LogP contribution in [-0.2, 0) is 10.0 Å². The van der Waals surface area contributed by atoms with E-state index < -0.39 is 10.0 Å². The zero-order chi connectivity index (χ0) is 22.7. The third-order valence-electron chi connectivity index (χ3n) is 4.89. The highest BCUT2D eigenvalue weighted by Gasteiger charge is 2.14. The number of nitrogens with zero attached hydrogens (tertiary/aromatic N) is 1. The molecule has 0 aliphatic heterocycles. The van der Waals surface area contributed by atoms with Crippen LogP contribution < -0.4 is 19.5 Å². The van der Waals surface area contributed by atoms with Gasteiger partial charge in [-0.05, 0) is 36.8 Å². The molecule has 4 rings (SSSR count). The molecule has 0 unspecified atom stereocenters. The number of hydrogen-bond donors (Lipinski definition) is 2. The third kappa shape index (κ3) is 5.58. The lowest BCUT2D eigenvalue weighted by molar-refractivity contribution is 0.318. The fourth-order valence-corrected chi connectivity index (χ4v) is 4.08. The van der Waals surface area contributed by atoms with E-state index in [0.29, 0.717) is 23.7 Å². The molecule has 33 heavy (non-hydrogen) atoms. The summed E-state index contributed by atoms with van der Waals surface area (Å²) in [5, 5.41) is 5.38. The Kier molecular flexibility index (Phi) is 7.50. The number of benzene rings is 3. The fraction of sp³-hybridized carbons (Fsp3) is 0.208. The van der Waals surface area contributed by atoms with Crippen LogP contribution in [0.15, 0.2) is 60.7 Å². The number of aromatic nitrogens is 1. The zero-order valence-corrected chi connectivity index (χ0v) is 20.2. The maximum absolute atomic E-state index is 11.6. The minimum Gasteiger partial charge on any atom is -0.494 e. The number of anilines is 3. The van der Waals surface area contributed by atoms with Crippen LogP contribution in [0.5, 0.6) is 11.5 Å². The van der Waals surface area contributed by atoms with E-state index in [0.717, 1.165) is 45.9 Å². The number of sulfonamides is 1. The van der Waals surface area contributed by atoms with Crippen LogP contribution in [0.25, 0.3) is 21.8 Å². The average Bonchev–Trinajstić information content (AvgIpc) is 2.77. The molecular weight excluding hydrogens is 462 g/mol. The molecule has 0 radical (unpaired) electrons. The molecule has 0 saturated heterocycles. The van der Waals surface area contributed by atoms with Crippen LogP contribution in [0.3, 0.4) is 0 Å². The highest BCUT2D eigenvalue weighted by atomic mass is 35.5. The topological polar surface area (TPSA) is 89.6 Å². The number of para-hydroxylation sites is 1. The molecule has 0 aliphatic carbocycles. The van der Waals surface area contributed by atoms with Crippen LogP contribution in [0, 0.1) is 0 Å². The van der Waals surface area contributed by atoms with E-state index in [1.807, 2.05) is 42.5 Å². The SMILES string of the molecule is CCCOc1ccc2c(Nc3ccc(NS(C)(=O)=O)cc3OC)c3ccccc3nc2c1.Cl. The summed E-state index contributed by atoms with van der Waals surface area (Å²) in [7, 11) is -1.84. The van der Waals surface area contributed by atoms with E-state index >= 15 is 0 Å². The van der Waals surface area contributed by atoms with Crippen molar-refractivity contribution < 1.29 is 17.9 Å². The van der Waals surface area contributed by atoms with Gasteiger partial charge in [-0.3, -0.25) is 4.72 Å². The molecule has 174 valence electrons. The summed E-state index contributed by atoms with van der Waals surface area (Å²) >= 11 is 0. The molecule has 1 aromatic heterocycles. The lowest BCUT2D eigenvalue weighted by Crippen LogP contribution is -2.09. The molecule has 9 heteroatoms. The van der Waals surface area contributed by atoms with Gasteiger partial charge in [0.15, 0.2) is 0 Å². The Bertz CT molecular complexity index is 1390. The second-order valence-electron chi connectivity index (χ2n) is 7.45. The van der Waals surface area contributed by atoms with Crippen LogP contribution in [-0.4, -0.2) is 33.4 Å². The average molecular weight is 488 g/mol. The van der Waals surface area contributed by atoms with E-state index in [4.69, 9.17) is 14.5 Å². The molecule has 0 fully saturated rings. The number of pyridine rings is 1. The minimum absolute atomic E-state index is 0. The smallest absolute Gasteiger partial charge is 0.229 e. The molecule has 0 atom stereocenters. The highest BCUT2D eigenvalue weighted by Crippen LogP contribution is 2.38. The maximum Gasteiger partial charge on any atom is 0.229 e. The summed E-state index contributed by atoms with van der Waals surface area (Å²) in [5.74, 6) is 1.29. The summed E-state index contributed by atoms with van der Waals surface area (Å²) in [5.41, 5.74) is 3.68. The van der Waals surface area contributed by atoms with Crippen molar-refractivity contribution in [2.45, 2.75) is 13.3 Å². The van der Waals surface area contributed by atoms with E-state index in [1.165, 1.54) is 0 Å². The predicted molar refractivity (Wildman–Crippen MR) is 137 cm³/mol. The Balaban J connectivity index is 0.00000306. The highest BCUT2D eigenvalue weighted by molar-refractivity contribution is 7.92. The van der Waals surface area contributed by atoms with Gasteiger partial charge < -0.3 is 14.8 Å².